The van der Waals surface area contributed by atoms with Crippen LogP contribution >= 0.6 is 0 Å². The molecule has 13 heteroatoms. The first-order valence-corrected chi connectivity index (χ1v) is 11.2. The van der Waals surface area contributed by atoms with E-state index in [2.05, 4.69) is 20.4 Å². The highest BCUT2D eigenvalue weighted by atomic mass is 32.2. The molecule has 1 heterocycles. The monoisotopic (exact) mass is 488 g/mol. The molecule has 2 aromatic carbocycles. The van der Waals surface area contributed by atoms with Gasteiger partial charge in [-0.25, -0.2) is 9.82 Å². The summed E-state index contributed by atoms with van der Waals surface area (Å²) in [7, 11) is -4.20. The van der Waals surface area contributed by atoms with Gasteiger partial charge < -0.3 is 10.6 Å². The Balaban J connectivity index is 2.02. The number of anilines is 2. The number of nitriles is 3. The van der Waals surface area contributed by atoms with Gasteiger partial charge in [0, 0.05) is 18.3 Å². The smallest absolute Gasteiger partial charge is 0.280 e. The molecule has 0 saturated carbocycles. The van der Waals surface area contributed by atoms with Gasteiger partial charge in [0.25, 0.3) is 15.6 Å². The van der Waals surface area contributed by atoms with Crippen LogP contribution in [0.1, 0.15) is 12.7 Å². The summed E-state index contributed by atoms with van der Waals surface area (Å²) in [5.74, 6) is -0.249. The van der Waals surface area contributed by atoms with Crippen LogP contribution in [0.4, 0.5) is 11.4 Å². The fourth-order valence-electron chi connectivity index (χ4n) is 3.00. The lowest BCUT2D eigenvalue weighted by Crippen LogP contribution is -2.35. The van der Waals surface area contributed by atoms with E-state index in [1.807, 2.05) is 0 Å². The molecule has 1 amide bonds. The molecule has 3 N–H and O–H groups in total. The Hall–Kier alpha value is -5.19. The molecule has 0 saturated heterocycles. The SMILES string of the molecule is CC(=O)Nc1ccc(S(=O)(=O)Nn2c(C)nc3ccc(NC(C#N)=C(C#N)C#N)cc3c2=O)cc1. The molecule has 3 rings (SSSR count). The quantitative estimate of drug-likeness (QED) is 0.434. The van der Waals surface area contributed by atoms with Crippen molar-refractivity contribution in [2.75, 3.05) is 15.5 Å². The van der Waals surface area contributed by atoms with E-state index >= 15 is 0 Å². The Morgan fingerprint density at radius 3 is 2.17 bits per heavy atom. The van der Waals surface area contributed by atoms with Gasteiger partial charge in [-0.3, -0.25) is 9.59 Å². The highest BCUT2D eigenvalue weighted by molar-refractivity contribution is 7.92. The van der Waals surface area contributed by atoms with Crippen LogP contribution in [0, 0.1) is 40.9 Å². The van der Waals surface area contributed by atoms with Crippen molar-refractivity contribution in [2.24, 2.45) is 0 Å². The van der Waals surface area contributed by atoms with E-state index in [4.69, 9.17) is 10.5 Å². The molecule has 0 bridgehead atoms. The largest absolute Gasteiger partial charge is 0.345 e. The van der Waals surface area contributed by atoms with Crippen molar-refractivity contribution in [1.29, 1.82) is 15.8 Å². The number of nitrogens with zero attached hydrogens (tertiary/aromatic N) is 5. The molecule has 0 atom stereocenters. The van der Waals surface area contributed by atoms with Crippen LogP contribution in [-0.4, -0.2) is 24.0 Å². The van der Waals surface area contributed by atoms with Crippen molar-refractivity contribution in [1.82, 2.24) is 9.66 Å². The first-order chi connectivity index (χ1) is 16.6. The average Bonchev–Trinajstić information content (AvgIpc) is 2.82. The van der Waals surface area contributed by atoms with Gasteiger partial charge in [0.15, 0.2) is 5.57 Å². The lowest BCUT2D eigenvalue weighted by molar-refractivity contribution is -0.114. The van der Waals surface area contributed by atoms with Gasteiger partial charge in [0.2, 0.25) is 5.91 Å². The maximum atomic E-state index is 13.1. The van der Waals surface area contributed by atoms with Crippen LogP contribution in [0.15, 0.2) is 63.4 Å². The molecule has 1 aromatic heterocycles. The van der Waals surface area contributed by atoms with Crippen LogP contribution in [0.3, 0.4) is 0 Å². The molecular weight excluding hydrogens is 472 g/mol. The van der Waals surface area contributed by atoms with E-state index < -0.39 is 21.2 Å². The molecule has 12 nitrogen and oxygen atoms in total. The number of benzene rings is 2. The van der Waals surface area contributed by atoms with Crippen LogP contribution in [-0.2, 0) is 14.8 Å². The van der Waals surface area contributed by atoms with E-state index in [1.165, 1.54) is 56.3 Å². The van der Waals surface area contributed by atoms with Crippen molar-refractivity contribution < 1.29 is 13.2 Å². The number of carbonyl (C=O) groups is 1. The average molecular weight is 488 g/mol. The van der Waals surface area contributed by atoms with Crippen LogP contribution in [0.25, 0.3) is 10.9 Å². The van der Waals surface area contributed by atoms with Crippen LogP contribution < -0.4 is 21.0 Å². The van der Waals surface area contributed by atoms with Gasteiger partial charge in [-0.2, -0.15) is 28.9 Å². The van der Waals surface area contributed by atoms with Gasteiger partial charge in [-0.15, -0.1) is 0 Å². The normalized spacial score (nSPS) is 10.4. The summed E-state index contributed by atoms with van der Waals surface area (Å²) in [6, 6.07) is 14.5. The summed E-state index contributed by atoms with van der Waals surface area (Å²) >= 11 is 0. The number of amides is 1. The third kappa shape index (κ3) is 5.25. The molecule has 3 aromatic rings. The number of sulfonamides is 1. The fourth-order valence-corrected chi connectivity index (χ4v) is 4.06. The molecule has 0 aliphatic heterocycles. The van der Waals surface area contributed by atoms with E-state index in [-0.39, 0.29) is 38.9 Å². The first-order valence-electron chi connectivity index (χ1n) is 9.75. The molecule has 0 fully saturated rings. The number of hydrogen-bond acceptors (Lipinski definition) is 9. The second-order valence-electron chi connectivity index (χ2n) is 7.04. The number of allylic oxidation sites excluding steroid dienone is 2. The summed E-state index contributed by atoms with van der Waals surface area (Å²) in [5, 5.41) is 32.3. The van der Waals surface area contributed by atoms with Crippen molar-refractivity contribution in [2.45, 2.75) is 18.7 Å². The second-order valence-corrected chi connectivity index (χ2v) is 8.70. The molecule has 0 spiro atoms. The summed E-state index contributed by atoms with van der Waals surface area (Å²) in [6.45, 7) is 2.76. The van der Waals surface area contributed by atoms with E-state index in [0.717, 1.165) is 4.68 Å². The molecule has 0 aliphatic rings. The Morgan fingerprint density at radius 2 is 1.60 bits per heavy atom. The number of hydrogen-bond donors (Lipinski definition) is 3. The maximum Gasteiger partial charge on any atom is 0.280 e. The topological polar surface area (TPSA) is 194 Å². The minimum absolute atomic E-state index is 0.0112. The number of aromatic nitrogens is 2. The van der Waals surface area contributed by atoms with E-state index in [0.29, 0.717) is 5.69 Å². The second kappa shape index (κ2) is 9.75. The third-order valence-corrected chi connectivity index (χ3v) is 5.90. The highest BCUT2D eigenvalue weighted by Gasteiger charge is 2.18. The van der Waals surface area contributed by atoms with Crippen molar-refractivity contribution in [3.8, 4) is 18.2 Å². The minimum atomic E-state index is -4.20. The Labute approximate surface area is 199 Å². The minimum Gasteiger partial charge on any atom is -0.345 e. The zero-order valence-corrected chi connectivity index (χ0v) is 19.1. The number of rotatable bonds is 6. The van der Waals surface area contributed by atoms with Gasteiger partial charge in [0.05, 0.1) is 15.8 Å². The highest BCUT2D eigenvalue weighted by Crippen LogP contribution is 2.19. The molecular formula is C22H16N8O4S. The molecule has 0 aliphatic carbocycles. The zero-order valence-electron chi connectivity index (χ0n) is 18.3. The van der Waals surface area contributed by atoms with Gasteiger partial charge in [-0.1, -0.05) is 0 Å². The Morgan fingerprint density at radius 1 is 0.971 bits per heavy atom. The van der Waals surface area contributed by atoms with Gasteiger partial charge in [-0.05, 0) is 49.4 Å². The van der Waals surface area contributed by atoms with E-state index in [1.54, 1.807) is 18.2 Å². The Bertz CT molecular complexity index is 1650. The lowest BCUT2D eigenvalue weighted by Gasteiger charge is -2.14. The summed E-state index contributed by atoms with van der Waals surface area (Å²) in [6.07, 6.45) is 0. The first kappa shape index (κ1) is 24.5. The molecule has 0 unspecified atom stereocenters. The summed E-state index contributed by atoms with van der Waals surface area (Å²) in [4.78, 5) is 30.6. The van der Waals surface area contributed by atoms with Gasteiger partial charge in [0.1, 0.15) is 29.7 Å². The predicted molar refractivity (Wildman–Crippen MR) is 126 cm³/mol. The standard InChI is InChI=1S/C22H16N8O4S/c1-13-26-20-8-5-17(28-21(12-25)15(10-23)11-24)9-19(20)22(32)30(13)29-35(33,34)18-6-3-16(4-7-18)27-14(2)31/h3-9,28-29H,1-2H3,(H,27,31). The molecule has 0 radical (unpaired) electrons. The fraction of sp³-hybridized carbons (Fsp3) is 0.0909. The summed E-state index contributed by atoms with van der Waals surface area (Å²) in [5.41, 5.74) is -0.613. The van der Waals surface area contributed by atoms with Crippen molar-refractivity contribution in [3.63, 3.8) is 0 Å². The number of carbonyl (C=O) groups excluding carboxylic acids is 1. The predicted octanol–water partition coefficient (Wildman–Crippen LogP) is 1.83. The van der Waals surface area contributed by atoms with Crippen LogP contribution in [0.2, 0.25) is 0 Å². The third-order valence-electron chi connectivity index (χ3n) is 4.59. The van der Waals surface area contributed by atoms with Crippen LogP contribution in [0.5, 0.6) is 0 Å². The molecule has 174 valence electrons. The zero-order chi connectivity index (χ0) is 25.8. The number of fused-ring (bicyclic) bond motifs is 1. The summed E-state index contributed by atoms with van der Waals surface area (Å²) < 4.78 is 26.5. The number of nitrogens with one attached hydrogen (secondary N) is 3. The van der Waals surface area contributed by atoms with E-state index in [9.17, 15) is 23.3 Å². The number of aryl methyl sites for hydroxylation is 1. The van der Waals surface area contributed by atoms with Crippen molar-refractivity contribution in [3.05, 3.63) is 69.9 Å². The Kier molecular flexibility index (Phi) is 6.81. The molecule has 35 heavy (non-hydrogen) atoms. The lowest BCUT2D eigenvalue weighted by atomic mass is 10.2. The van der Waals surface area contributed by atoms with Crippen molar-refractivity contribution >= 4 is 38.2 Å². The van der Waals surface area contributed by atoms with Gasteiger partial charge >= 0.3 is 0 Å². The maximum absolute atomic E-state index is 13.1.